The van der Waals surface area contributed by atoms with E-state index in [-0.39, 0.29) is 23.7 Å². The molecule has 0 aliphatic heterocycles. The minimum absolute atomic E-state index is 0.0184. The summed E-state index contributed by atoms with van der Waals surface area (Å²) in [6.07, 6.45) is -3.86. The third kappa shape index (κ3) is 4.46. The highest BCUT2D eigenvalue weighted by atomic mass is 32.2. The van der Waals surface area contributed by atoms with Gasteiger partial charge in [0.25, 0.3) is 0 Å². The van der Waals surface area contributed by atoms with E-state index in [2.05, 4.69) is 4.98 Å². The standard InChI is InChI=1S/C18H15F4N3O2S/c19-14-6-12(8-23)5-13(7-14)17-24-16(18(20,21)22)9-25(17)15-3-1-11(2-4-15)10-28(26)27/h1-7,9H,8,10,23H2,(H,26,27). The second-order valence-electron chi connectivity index (χ2n) is 6.00. The van der Waals surface area contributed by atoms with Crippen molar-refractivity contribution in [1.82, 2.24) is 9.55 Å². The molecule has 0 spiro atoms. The first-order chi connectivity index (χ1) is 13.2. The maximum atomic E-state index is 13.9. The average Bonchev–Trinajstić information content (AvgIpc) is 3.07. The summed E-state index contributed by atoms with van der Waals surface area (Å²) in [7, 11) is 0. The van der Waals surface area contributed by atoms with Crippen molar-refractivity contribution in [3.05, 3.63) is 71.3 Å². The predicted octanol–water partition coefficient (Wildman–Crippen LogP) is 3.88. The lowest BCUT2D eigenvalue weighted by molar-refractivity contribution is -0.140. The minimum atomic E-state index is -4.68. The van der Waals surface area contributed by atoms with Crippen molar-refractivity contribution in [3.63, 3.8) is 0 Å². The third-order valence-corrected chi connectivity index (χ3v) is 4.53. The van der Waals surface area contributed by atoms with Crippen molar-refractivity contribution in [3.8, 4) is 17.1 Å². The molecule has 3 N–H and O–H groups in total. The maximum Gasteiger partial charge on any atom is 0.434 e. The molecule has 3 rings (SSSR count). The Balaban J connectivity index is 2.14. The molecule has 1 unspecified atom stereocenters. The van der Waals surface area contributed by atoms with Gasteiger partial charge >= 0.3 is 6.18 Å². The minimum Gasteiger partial charge on any atom is -0.326 e. The van der Waals surface area contributed by atoms with Gasteiger partial charge < -0.3 is 10.3 Å². The highest BCUT2D eigenvalue weighted by molar-refractivity contribution is 7.78. The number of benzene rings is 2. The van der Waals surface area contributed by atoms with Crippen LogP contribution in [-0.4, -0.2) is 18.3 Å². The molecule has 0 saturated carbocycles. The van der Waals surface area contributed by atoms with Crippen molar-refractivity contribution in [1.29, 1.82) is 0 Å². The molecule has 0 bridgehead atoms. The van der Waals surface area contributed by atoms with Crippen molar-refractivity contribution < 1.29 is 26.3 Å². The zero-order chi connectivity index (χ0) is 20.5. The predicted molar refractivity (Wildman–Crippen MR) is 96.3 cm³/mol. The van der Waals surface area contributed by atoms with E-state index in [1.807, 2.05) is 0 Å². The van der Waals surface area contributed by atoms with E-state index in [0.717, 1.165) is 12.3 Å². The molecule has 0 aliphatic rings. The summed E-state index contributed by atoms with van der Waals surface area (Å²) in [6.45, 7) is 0.0184. The summed E-state index contributed by atoms with van der Waals surface area (Å²) in [4.78, 5) is 3.66. The fraction of sp³-hybridized carbons (Fsp3) is 0.167. The quantitative estimate of drug-likeness (QED) is 0.491. The summed E-state index contributed by atoms with van der Waals surface area (Å²) in [6, 6.07) is 9.81. The largest absolute Gasteiger partial charge is 0.434 e. The molecule has 3 aromatic rings. The van der Waals surface area contributed by atoms with Gasteiger partial charge in [-0.15, -0.1) is 0 Å². The lowest BCUT2D eigenvalue weighted by Gasteiger charge is -2.10. The van der Waals surface area contributed by atoms with Gasteiger partial charge in [0.15, 0.2) is 16.8 Å². The number of hydrogen-bond acceptors (Lipinski definition) is 3. The molecule has 1 atom stereocenters. The Labute approximate surface area is 160 Å². The van der Waals surface area contributed by atoms with Gasteiger partial charge in [0.2, 0.25) is 0 Å². The van der Waals surface area contributed by atoms with Crippen LogP contribution >= 0.6 is 0 Å². The van der Waals surface area contributed by atoms with Gasteiger partial charge in [-0.3, -0.25) is 4.57 Å². The summed E-state index contributed by atoms with van der Waals surface area (Å²) in [5, 5.41) is 0. The second kappa shape index (κ2) is 7.82. The molecule has 0 amide bonds. The number of halogens is 4. The van der Waals surface area contributed by atoms with Crippen LogP contribution < -0.4 is 5.73 Å². The average molecular weight is 413 g/mol. The highest BCUT2D eigenvalue weighted by Crippen LogP contribution is 2.33. The Morgan fingerprint density at radius 2 is 1.79 bits per heavy atom. The van der Waals surface area contributed by atoms with Gasteiger partial charge in [-0.1, -0.05) is 12.1 Å². The Morgan fingerprint density at radius 1 is 1.11 bits per heavy atom. The van der Waals surface area contributed by atoms with Crippen LogP contribution in [0.5, 0.6) is 0 Å². The molecule has 1 heterocycles. The van der Waals surface area contributed by atoms with Crippen molar-refractivity contribution >= 4 is 11.1 Å². The Bertz CT molecular complexity index is 1020. The molecule has 0 saturated heterocycles. The van der Waals surface area contributed by atoms with Crippen LogP contribution in [0.15, 0.2) is 48.7 Å². The number of alkyl halides is 3. The lowest BCUT2D eigenvalue weighted by atomic mass is 10.1. The van der Waals surface area contributed by atoms with Crippen LogP contribution in [0.1, 0.15) is 16.8 Å². The normalized spacial score (nSPS) is 12.9. The van der Waals surface area contributed by atoms with Gasteiger partial charge in [-0.05, 0) is 41.5 Å². The van der Waals surface area contributed by atoms with Crippen LogP contribution in [0.2, 0.25) is 0 Å². The van der Waals surface area contributed by atoms with E-state index < -0.39 is 28.8 Å². The van der Waals surface area contributed by atoms with Crippen molar-refractivity contribution in [2.75, 3.05) is 0 Å². The highest BCUT2D eigenvalue weighted by Gasteiger charge is 2.35. The van der Waals surface area contributed by atoms with Crippen molar-refractivity contribution in [2.45, 2.75) is 18.5 Å². The topological polar surface area (TPSA) is 81.1 Å². The van der Waals surface area contributed by atoms with E-state index in [0.29, 0.717) is 16.8 Å². The summed E-state index contributed by atoms with van der Waals surface area (Å²) in [5.74, 6) is -0.837. The monoisotopic (exact) mass is 413 g/mol. The fourth-order valence-electron chi connectivity index (χ4n) is 2.71. The van der Waals surface area contributed by atoms with Crippen molar-refractivity contribution in [2.24, 2.45) is 5.73 Å². The molecule has 28 heavy (non-hydrogen) atoms. The Morgan fingerprint density at radius 3 is 2.36 bits per heavy atom. The smallest absolute Gasteiger partial charge is 0.326 e. The summed E-state index contributed by atoms with van der Waals surface area (Å²) < 4.78 is 74.5. The van der Waals surface area contributed by atoms with Crippen LogP contribution in [0.3, 0.4) is 0 Å². The van der Waals surface area contributed by atoms with E-state index in [1.54, 1.807) is 0 Å². The van der Waals surface area contributed by atoms with E-state index in [9.17, 15) is 21.8 Å². The van der Waals surface area contributed by atoms with Gasteiger partial charge in [0.1, 0.15) is 11.6 Å². The molecule has 148 valence electrons. The molecule has 0 fully saturated rings. The first-order valence-corrected chi connectivity index (χ1v) is 9.28. The van der Waals surface area contributed by atoms with Gasteiger partial charge in [-0.25, -0.2) is 13.6 Å². The van der Waals surface area contributed by atoms with Gasteiger partial charge in [0.05, 0.1) is 5.75 Å². The van der Waals surface area contributed by atoms with Gasteiger partial charge in [0, 0.05) is 24.0 Å². The maximum absolute atomic E-state index is 13.9. The number of nitrogens with two attached hydrogens (primary N) is 1. The van der Waals surface area contributed by atoms with Crippen LogP contribution in [0.4, 0.5) is 17.6 Å². The van der Waals surface area contributed by atoms with E-state index in [4.69, 9.17) is 10.3 Å². The molecule has 0 radical (unpaired) electrons. The summed E-state index contributed by atoms with van der Waals surface area (Å²) in [5.41, 5.74) is 5.85. The lowest BCUT2D eigenvalue weighted by Crippen LogP contribution is -2.05. The number of rotatable bonds is 5. The molecule has 1 aromatic heterocycles. The zero-order valence-electron chi connectivity index (χ0n) is 14.3. The Hall–Kier alpha value is -2.56. The van der Waals surface area contributed by atoms with Gasteiger partial charge in [-0.2, -0.15) is 13.2 Å². The second-order valence-corrected chi connectivity index (χ2v) is 6.93. The first-order valence-electron chi connectivity index (χ1n) is 8.00. The van der Waals surface area contributed by atoms with Crippen LogP contribution in [-0.2, 0) is 29.6 Å². The van der Waals surface area contributed by atoms with E-state index >= 15 is 0 Å². The molecule has 0 aliphatic carbocycles. The molecular weight excluding hydrogens is 398 g/mol. The number of imidazole rings is 1. The number of hydrogen-bond donors (Lipinski definition) is 2. The third-order valence-electron chi connectivity index (χ3n) is 3.95. The summed E-state index contributed by atoms with van der Waals surface area (Å²) >= 11 is -2.04. The molecular formula is C18H15F4N3O2S. The molecule has 2 aromatic carbocycles. The van der Waals surface area contributed by atoms with E-state index in [1.165, 1.54) is 41.0 Å². The molecule has 5 nitrogen and oxygen atoms in total. The number of aromatic nitrogens is 2. The molecule has 10 heteroatoms. The van der Waals surface area contributed by atoms with Crippen LogP contribution in [0, 0.1) is 5.82 Å². The Kier molecular flexibility index (Phi) is 5.64. The zero-order valence-corrected chi connectivity index (χ0v) is 15.1. The SMILES string of the molecule is NCc1cc(F)cc(-c2nc(C(F)(F)F)cn2-c2ccc(CS(=O)O)cc2)c1. The number of nitrogens with zero attached hydrogens (tertiary/aromatic N) is 2. The fourth-order valence-corrected chi connectivity index (χ4v) is 3.19. The first kappa shape index (κ1) is 20.2. The van der Waals surface area contributed by atoms with Crippen LogP contribution in [0.25, 0.3) is 17.1 Å².